The Morgan fingerprint density at radius 2 is 2.08 bits per heavy atom. The van der Waals surface area contributed by atoms with Gasteiger partial charge < -0.3 is 5.11 Å². The van der Waals surface area contributed by atoms with Gasteiger partial charge in [0.25, 0.3) is 0 Å². The van der Waals surface area contributed by atoms with Gasteiger partial charge >= 0.3 is 0 Å². The van der Waals surface area contributed by atoms with Crippen LogP contribution in [0.2, 0.25) is 0 Å². The summed E-state index contributed by atoms with van der Waals surface area (Å²) in [4.78, 5) is 0. The SMILES string of the molecule is CC1CC1(O)c1cccc(F)c1F. The Kier molecular flexibility index (Phi) is 1.67. The van der Waals surface area contributed by atoms with Gasteiger partial charge in [-0.2, -0.15) is 0 Å². The van der Waals surface area contributed by atoms with Gasteiger partial charge in [0, 0.05) is 5.56 Å². The lowest BCUT2D eigenvalue weighted by atomic mass is 10.1. The third-order valence-corrected chi connectivity index (χ3v) is 2.69. The second-order valence-electron chi connectivity index (χ2n) is 3.63. The van der Waals surface area contributed by atoms with Gasteiger partial charge in [-0.05, 0) is 18.4 Å². The number of benzene rings is 1. The molecule has 1 aromatic carbocycles. The van der Waals surface area contributed by atoms with E-state index in [2.05, 4.69) is 0 Å². The molecule has 2 unspecified atom stereocenters. The number of hydrogen-bond acceptors (Lipinski definition) is 1. The number of rotatable bonds is 1. The van der Waals surface area contributed by atoms with Gasteiger partial charge in [0.1, 0.15) is 0 Å². The van der Waals surface area contributed by atoms with Crippen molar-refractivity contribution >= 4 is 0 Å². The summed E-state index contributed by atoms with van der Waals surface area (Å²) in [5.74, 6) is -1.80. The third-order valence-electron chi connectivity index (χ3n) is 2.69. The van der Waals surface area contributed by atoms with E-state index in [9.17, 15) is 13.9 Å². The molecular weight excluding hydrogens is 174 g/mol. The predicted octanol–water partition coefficient (Wildman–Crippen LogP) is 2.19. The van der Waals surface area contributed by atoms with Gasteiger partial charge in [0.15, 0.2) is 11.6 Å². The van der Waals surface area contributed by atoms with Crippen molar-refractivity contribution in [1.82, 2.24) is 0 Å². The third kappa shape index (κ3) is 1.15. The minimum atomic E-state index is -1.13. The summed E-state index contributed by atoms with van der Waals surface area (Å²) in [6.07, 6.45) is 0.507. The summed E-state index contributed by atoms with van der Waals surface area (Å²) < 4.78 is 26.0. The van der Waals surface area contributed by atoms with Crippen molar-refractivity contribution in [3.05, 3.63) is 35.4 Å². The molecule has 2 atom stereocenters. The molecule has 0 bridgehead atoms. The maximum Gasteiger partial charge on any atom is 0.164 e. The first-order valence-electron chi connectivity index (χ1n) is 4.22. The molecule has 3 heteroatoms. The smallest absolute Gasteiger partial charge is 0.164 e. The molecule has 1 saturated carbocycles. The zero-order chi connectivity index (χ0) is 9.64. The molecule has 0 aromatic heterocycles. The zero-order valence-electron chi connectivity index (χ0n) is 7.22. The van der Waals surface area contributed by atoms with E-state index in [1.54, 1.807) is 0 Å². The van der Waals surface area contributed by atoms with E-state index < -0.39 is 17.2 Å². The number of hydrogen-bond donors (Lipinski definition) is 1. The summed E-state index contributed by atoms with van der Waals surface area (Å²) in [7, 11) is 0. The second-order valence-corrected chi connectivity index (χ2v) is 3.63. The van der Waals surface area contributed by atoms with Gasteiger partial charge in [-0.3, -0.25) is 0 Å². The van der Waals surface area contributed by atoms with Crippen molar-refractivity contribution in [2.75, 3.05) is 0 Å². The average molecular weight is 184 g/mol. The van der Waals surface area contributed by atoms with E-state index >= 15 is 0 Å². The minimum Gasteiger partial charge on any atom is -0.385 e. The summed E-state index contributed by atoms with van der Waals surface area (Å²) in [5.41, 5.74) is -1.05. The Morgan fingerprint density at radius 3 is 2.62 bits per heavy atom. The standard InChI is InChI=1S/C10H10F2O/c1-6-5-10(6,13)7-3-2-4-8(11)9(7)12/h2-4,6,13H,5H2,1H3. The molecule has 70 valence electrons. The van der Waals surface area contributed by atoms with Crippen molar-refractivity contribution in [3.63, 3.8) is 0 Å². The highest BCUT2D eigenvalue weighted by atomic mass is 19.2. The van der Waals surface area contributed by atoms with Crippen LogP contribution in [0, 0.1) is 17.6 Å². The first-order valence-corrected chi connectivity index (χ1v) is 4.22. The zero-order valence-corrected chi connectivity index (χ0v) is 7.22. The van der Waals surface area contributed by atoms with Crippen LogP contribution in [0.4, 0.5) is 8.78 Å². The molecule has 1 nitrogen and oxygen atoms in total. The molecule has 1 N–H and O–H groups in total. The maximum atomic E-state index is 13.2. The van der Waals surface area contributed by atoms with E-state index in [4.69, 9.17) is 0 Å². The minimum absolute atomic E-state index is 0.0174. The molecule has 2 rings (SSSR count). The van der Waals surface area contributed by atoms with Gasteiger partial charge in [-0.15, -0.1) is 0 Å². The Hall–Kier alpha value is -0.960. The molecule has 1 aliphatic rings. The van der Waals surface area contributed by atoms with E-state index in [1.165, 1.54) is 12.1 Å². The van der Waals surface area contributed by atoms with Crippen LogP contribution in [-0.4, -0.2) is 5.11 Å². The van der Waals surface area contributed by atoms with E-state index in [-0.39, 0.29) is 11.5 Å². The lowest BCUT2D eigenvalue weighted by molar-refractivity contribution is 0.129. The molecule has 0 heterocycles. The molecule has 1 aliphatic carbocycles. The van der Waals surface area contributed by atoms with Gasteiger partial charge in [-0.1, -0.05) is 19.1 Å². The molecule has 1 fully saturated rings. The predicted molar refractivity (Wildman–Crippen MR) is 44.0 cm³/mol. The fourth-order valence-electron chi connectivity index (χ4n) is 1.62. The Bertz CT molecular complexity index is 351. The van der Waals surface area contributed by atoms with Gasteiger partial charge in [0.05, 0.1) is 5.60 Å². The molecule has 0 radical (unpaired) electrons. The lowest BCUT2D eigenvalue weighted by Gasteiger charge is -2.10. The quantitative estimate of drug-likeness (QED) is 0.709. The van der Waals surface area contributed by atoms with Crippen LogP contribution >= 0.6 is 0 Å². The monoisotopic (exact) mass is 184 g/mol. The van der Waals surface area contributed by atoms with E-state index in [0.29, 0.717) is 6.42 Å². The maximum absolute atomic E-state index is 13.2. The van der Waals surface area contributed by atoms with E-state index in [1.807, 2.05) is 6.92 Å². The average Bonchev–Trinajstić information content (AvgIpc) is 2.67. The van der Waals surface area contributed by atoms with Crippen molar-refractivity contribution in [2.45, 2.75) is 18.9 Å². The summed E-state index contributed by atoms with van der Waals surface area (Å²) in [6, 6.07) is 3.90. The first-order chi connectivity index (χ1) is 6.05. The summed E-state index contributed by atoms with van der Waals surface area (Å²) in [5, 5.41) is 9.77. The molecular formula is C10H10F2O. The topological polar surface area (TPSA) is 20.2 Å². The van der Waals surface area contributed by atoms with Crippen LogP contribution in [0.25, 0.3) is 0 Å². The van der Waals surface area contributed by atoms with Crippen LogP contribution in [0.3, 0.4) is 0 Å². The highest BCUT2D eigenvalue weighted by molar-refractivity contribution is 5.31. The van der Waals surface area contributed by atoms with Crippen molar-refractivity contribution in [1.29, 1.82) is 0 Å². The molecule has 0 saturated heterocycles. The number of aliphatic hydroxyl groups is 1. The van der Waals surface area contributed by atoms with Crippen LogP contribution in [0.5, 0.6) is 0 Å². The molecule has 0 aliphatic heterocycles. The Morgan fingerprint density at radius 1 is 1.46 bits per heavy atom. The van der Waals surface area contributed by atoms with Crippen LogP contribution in [0.1, 0.15) is 18.9 Å². The van der Waals surface area contributed by atoms with Gasteiger partial charge in [-0.25, -0.2) is 8.78 Å². The second kappa shape index (κ2) is 2.51. The fraction of sp³-hybridized carbons (Fsp3) is 0.400. The number of halogens is 2. The molecule has 1 aromatic rings. The fourth-order valence-corrected chi connectivity index (χ4v) is 1.62. The van der Waals surface area contributed by atoms with Gasteiger partial charge in [0.2, 0.25) is 0 Å². The van der Waals surface area contributed by atoms with Crippen LogP contribution in [0.15, 0.2) is 18.2 Å². The van der Waals surface area contributed by atoms with Crippen molar-refractivity contribution < 1.29 is 13.9 Å². The van der Waals surface area contributed by atoms with Crippen molar-refractivity contribution in [2.24, 2.45) is 5.92 Å². The highest BCUT2D eigenvalue weighted by Crippen LogP contribution is 2.52. The summed E-state index contributed by atoms with van der Waals surface area (Å²) in [6.45, 7) is 1.81. The summed E-state index contributed by atoms with van der Waals surface area (Å²) >= 11 is 0. The Balaban J connectivity index is 2.47. The molecule has 0 amide bonds. The molecule has 13 heavy (non-hydrogen) atoms. The van der Waals surface area contributed by atoms with Crippen LogP contribution in [-0.2, 0) is 5.60 Å². The van der Waals surface area contributed by atoms with E-state index in [0.717, 1.165) is 6.07 Å². The normalized spacial score (nSPS) is 31.8. The van der Waals surface area contributed by atoms with Crippen LogP contribution < -0.4 is 0 Å². The highest BCUT2D eigenvalue weighted by Gasteiger charge is 2.52. The lowest BCUT2D eigenvalue weighted by Crippen LogP contribution is -2.11. The first kappa shape index (κ1) is 8.63. The Labute approximate surface area is 75.0 Å². The largest absolute Gasteiger partial charge is 0.385 e. The molecule has 0 spiro atoms. The van der Waals surface area contributed by atoms with Crippen molar-refractivity contribution in [3.8, 4) is 0 Å².